The molecule has 0 bridgehead atoms. The molecule has 162 valence electrons. The minimum Gasteiger partial charge on any atom is -0.488 e. The Morgan fingerprint density at radius 2 is 1.72 bits per heavy atom. The number of amides is 2. The Morgan fingerprint density at radius 1 is 0.969 bits per heavy atom. The van der Waals surface area contributed by atoms with Crippen LogP contribution in [-0.4, -0.2) is 22.6 Å². The number of thioether (sulfide) groups is 1. The van der Waals surface area contributed by atoms with Crippen molar-refractivity contribution in [1.29, 1.82) is 0 Å². The van der Waals surface area contributed by atoms with Crippen molar-refractivity contribution in [3.63, 3.8) is 0 Å². The van der Waals surface area contributed by atoms with Crippen molar-refractivity contribution in [3.8, 4) is 5.75 Å². The first kappa shape index (κ1) is 22.3. The fraction of sp³-hybridized carbons (Fsp3) is 0.120. The van der Waals surface area contributed by atoms with E-state index in [1.807, 2.05) is 42.5 Å². The second kappa shape index (κ2) is 10.1. The number of carbonyl (C=O) groups excluding carboxylic acids is 2. The van der Waals surface area contributed by atoms with Gasteiger partial charge in [0, 0.05) is 16.6 Å². The zero-order chi connectivity index (χ0) is 22.5. The monoisotopic (exact) mass is 511 g/mol. The summed E-state index contributed by atoms with van der Waals surface area (Å²) in [4.78, 5) is 27.0. The normalized spacial score (nSPS) is 14.9. The molecule has 1 saturated heterocycles. The molecule has 0 aromatic heterocycles. The Kier molecular flexibility index (Phi) is 7.07. The average molecular weight is 512 g/mol. The molecule has 3 aromatic carbocycles. The smallest absolute Gasteiger partial charge is 0.293 e. The Balaban J connectivity index is 1.49. The van der Waals surface area contributed by atoms with Crippen LogP contribution in [-0.2, 0) is 17.8 Å². The third-order valence-electron chi connectivity index (χ3n) is 4.91. The van der Waals surface area contributed by atoms with Gasteiger partial charge in [-0.25, -0.2) is 4.39 Å². The highest BCUT2D eigenvalue weighted by Gasteiger charge is 2.34. The van der Waals surface area contributed by atoms with Crippen LogP contribution in [0.4, 0.5) is 9.18 Å². The lowest BCUT2D eigenvalue weighted by Gasteiger charge is -2.12. The maximum Gasteiger partial charge on any atom is 0.293 e. The molecule has 4 nitrogen and oxygen atoms in total. The van der Waals surface area contributed by atoms with Crippen LogP contribution in [0.1, 0.15) is 16.7 Å². The molecule has 0 atom stereocenters. The second-order valence-corrected chi connectivity index (χ2v) is 9.08. The number of hydrogen-bond donors (Lipinski definition) is 0. The highest BCUT2D eigenvalue weighted by Crippen LogP contribution is 2.35. The summed E-state index contributed by atoms with van der Waals surface area (Å²) in [6, 6.07) is 21.3. The summed E-state index contributed by atoms with van der Waals surface area (Å²) in [7, 11) is 0. The largest absolute Gasteiger partial charge is 0.488 e. The molecule has 2 amide bonds. The van der Waals surface area contributed by atoms with Gasteiger partial charge in [0.15, 0.2) is 0 Å². The van der Waals surface area contributed by atoms with Gasteiger partial charge in [0.2, 0.25) is 0 Å². The molecule has 1 fully saturated rings. The Labute approximate surface area is 198 Å². The molecule has 1 aliphatic rings. The summed E-state index contributed by atoms with van der Waals surface area (Å²) in [5, 5.41) is -0.277. The summed E-state index contributed by atoms with van der Waals surface area (Å²) in [6.07, 6.45) is 2.28. The fourth-order valence-electron chi connectivity index (χ4n) is 3.22. The highest BCUT2D eigenvalue weighted by molar-refractivity contribution is 9.10. The number of ether oxygens (including phenoxy) is 1. The molecule has 3 aromatic rings. The van der Waals surface area contributed by atoms with E-state index in [2.05, 4.69) is 15.9 Å². The first-order chi connectivity index (χ1) is 15.5. The van der Waals surface area contributed by atoms with Crippen LogP contribution in [0.3, 0.4) is 0 Å². The summed E-state index contributed by atoms with van der Waals surface area (Å²) >= 11 is 4.37. The van der Waals surface area contributed by atoms with Crippen LogP contribution in [0.2, 0.25) is 0 Å². The van der Waals surface area contributed by atoms with Gasteiger partial charge in [-0.3, -0.25) is 14.5 Å². The first-order valence-corrected chi connectivity index (χ1v) is 11.6. The molecular weight excluding hydrogens is 493 g/mol. The van der Waals surface area contributed by atoms with Crippen LogP contribution >= 0.6 is 27.7 Å². The van der Waals surface area contributed by atoms with Crippen molar-refractivity contribution in [1.82, 2.24) is 4.90 Å². The average Bonchev–Trinajstić information content (AvgIpc) is 3.06. The van der Waals surface area contributed by atoms with Crippen LogP contribution in [0.5, 0.6) is 5.75 Å². The summed E-state index contributed by atoms with van der Waals surface area (Å²) in [5.41, 5.74) is 2.57. The van der Waals surface area contributed by atoms with Gasteiger partial charge in [0.25, 0.3) is 11.1 Å². The number of halogens is 2. The van der Waals surface area contributed by atoms with Gasteiger partial charge >= 0.3 is 0 Å². The molecule has 1 aliphatic heterocycles. The van der Waals surface area contributed by atoms with E-state index in [1.54, 1.807) is 24.3 Å². The van der Waals surface area contributed by atoms with E-state index in [-0.39, 0.29) is 23.6 Å². The van der Waals surface area contributed by atoms with Crippen molar-refractivity contribution in [2.75, 3.05) is 6.54 Å². The van der Waals surface area contributed by atoms with Crippen LogP contribution in [0, 0.1) is 5.82 Å². The lowest BCUT2D eigenvalue weighted by molar-refractivity contribution is -0.122. The van der Waals surface area contributed by atoms with E-state index in [1.165, 1.54) is 17.0 Å². The van der Waals surface area contributed by atoms with Gasteiger partial charge in [0.1, 0.15) is 18.2 Å². The van der Waals surface area contributed by atoms with Gasteiger partial charge in [0.05, 0.1) is 4.91 Å². The number of imide groups is 1. The molecule has 0 unspecified atom stereocenters. The van der Waals surface area contributed by atoms with Crippen LogP contribution in [0.15, 0.2) is 82.2 Å². The molecule has 7 heteroatoms. The maximum absolute atomic E-state index is 13.1. The third kappa shape index (κ3) is 5.47. The van der Waals surface area contributed by atoms with Crippen LogP contribution in [0.25, 0.3) is 6.08 Å². The predicted octanol–water partition coefficient (Wildman–Crippen LogP) is 6.45. The van der Waals surface area contributed by atoms with Gasteiger partial charge in [-0.15, -0.1) is 0 Å². The second-order valence-electron chi connectivity index (χ2n) is 7.17. The molecular formula is C25H19BrFNO3S. The molecule has 0 radical (unpaired) electrons. The lowest BCUT2D eigenvalue weighted by atomic mass is 10.1. The predicted molar refractivity (Wildman–Crippen MR) is 128 cm³/mol. The van der Waals surface area contributed by atoms with Crippen molar-refractivity contribution in [2.24, 2.45) is 0 Å². The zero-order valence-corrected chi connectivity index (χ0v) is 19.4. The van der Waals surface area contributed by atoms with E-state index < -0.39 is 0 Å². The number of nitrogens with zero attached hydrogens (tertiary/aromatic N) is 1. The van der Waals surface area contributed by atoms with Crippen molar-refractivity contribution >= 4 is 44.9 Å². The first-order valence-electron chi connectivity index (χ1n) is 9.96. The standard InChI is InChI=1S/C25H19BrFNO3S/c26-20-8-11-22(31-16-18-6-9-21(27)10-7-18)19(14-20)15-23-24(29)28(25(30)32-23)13-12-17-4-2-1-3-5-17/h1-11,14-15H,12-13,16H2/b23-15-. The van der Waals surface area contributed by atoms with E-state index in [9.17, 15) is 14.0 Å². The van der Waals surface area contributed by atoms with Gasteiger partial charge in [-0.05, 0) is 65.7 Å². The number of rotatable bonds is 7. The Hall–Kier alpha value is -2.90. The topological polar surface area (TPSA) is 46.6 Å². The quantitative estimate of drug-likeness (QED) is 0.342. The number of carbonyl (C=O) groups is 2. The highest BCUT2D eigenvalue weighted by atomic mass is 79.9. The van der Waals surface area contributed by atoms with E-state index >= 15 is 0 Å². The third-order valence-corrected chi connectivity index (χ3v) is 6.31. The maximum atomic E-state index is 13.1. The van der Waals surface area contributed by atoms with E-state index in [4.69, 9.17) is 4.74 Å². The Morgan fingerprint density at radius 3 is 2.47 bits per heavy atom. The molecule has 0 N–H and O–H groups in total. The van der Waals surface area contributed by atoms with Crippen molar-refractivity contribution in [2.45, 2.75) is 13.0 Å². The van der Waals surface area contributed by atoms with Gasteiger partial charge in [-0.2, -0.15) is 0 Å². The molecule has 0 aliphatic carbocycles. The molecule has 0 saturated carbocycles. The van der Waals surface area contributed by atoms with Crippen LogP contribution < -0.4 is 4.74 Å². The zero-order valence-electron chi connectivity index (χ0n) is 17.0. The molecule has 0 spiro atoms. The van der Waals surface area contributed by atoms with E-state index in [0.717, 1.165) is 27.4 Å². The minimum absolute atomic E-state index is 0.251. The van der Waals surface area contributed by atoms with Crippen molar-refractivity contribution < 1.29 is 18.7 Å². The van der Waals surface area contributed by atoms with Gasteiger partial charge in [-0.1, -0.05) is 58.4 Å². The van der Waals surface area contributed by atoms with Gasteiger partial charge < -0.3 is 4.74 Å². The lowest BCUT2D eigenvalue weighted by Crippen LogP contribution is -2.30. The number of hydrogen-bond acceptors (Lipinski definition) is 4. The summed E-state index contributed by atoms with van der Waals surface area (Å²) in [6.45, 7) is 0.583. The summed E-state index contributed by atoms with van der Waals surface area (Å²) < 4.78 is 19.9. The molecule has 1 heterocycles. The SMILES string of the molecule is O=C1S/C(=C\c2cc(Br)ccc2OCc2ccc(F)cc2)C(=O)N1CCc1ccccc1. The Bertz CT molecular complexity index is 1170. The molecule has 32 heavy (non-hydrogen) atoms. The molecule has 4 rings (SSSR count). The summed E-state index contributed by atoms with van der Waals surface area (Å²) in [5.74, 6) is -0.0462. The fourth-order valence-corrected chi connectivity index (χ4v) is 4.46. The number of benzene rings is 3. The van der Waals surface area contributed by atoms with E-state index in [0.29, 0.717) is 29.2 Å². The minimum atomic E-state index is -0.305. The van der Waals surface area contributed by atoms with Crippen molar-refractivity contribution in [3.05, 3.63) is 105 Å².